The van der Waals surface area contributed by atoms with Crippen molar-refractivity contribution in [1.82, 2.24) is 0 Å². The maximum Gasteiger partial charge on any atom is 0.123 e. The molecule has 0 saturated heterocycles. The zero-order valence-electron chi connectivity index (χ0n) is 10.4. The minimum Gasteiger partial charge on any atom is -0.496 e. The van der Waals surface area contributed by atoms with Gasteiger partial charge in [0.2, 0.25) is 0 Å². The first kappa shape index (κ1) is 11.5. The SMILES string of the molecule is COc1cc(C(C)C)ccc1C(N)C1CC1. The monoisotopic (exact) mass is 219 g/mol. The Morgan fingerprint density at radius 3 is 2.50 bits per heavy atom. The highest BCUT2D eigenvalue weighted by Crippen LogP contribution is 2.42. The van der Waals surface area contributed by atoms with Crippen LogP contribution in [0, 0.1) is 5.92 Å². The molecule has 2 N–H and O–H groups in total. The fourth-order valence-corrected chi connectivity index (χ4v) is 2.07. The third-order valence-corrected chi connectivity index (χ3v) is 3.41. The summed E-state index contributed by atoms with van der Waals surface area (Å²) < 4.78 is 5.46. The van der Waals surface area contributed by atoms with Gasteiger partial charge in [-0.05, 0) is 36.3 Å². The van der Waals surface area contributed by atoms with Crippen LogP contribution in [0.5, 0.6) is 5.75 Å². The van der Waals surface area contributed by atoms with Gasteiger partial charge in [0.15, 0.2) is 0 Å². The molecule has 0 spiro atoms. The van der Waals surface area contributed by atoms with Crippen molar-refractivity contribution < 1.29 is 4.74 Å². The van der Waals surface area contributed by atoms with Gasteiger partial charge in [0, 0.05) is 11.6 Å². The van der Waals surface area contributed by atoms with E-state index < -0.39 is 0 Å². The van der Waals surface area contributed by atoms with E-state index in [0.717, 1.165) is 11.3 Å². The fourth-order valence-electron chi connectivity index (χ4n) is 2.07. The van der Waals surface area contributed by atoms with Gasteiger partial charge in [0.05, 0.1) is 7.11 Å². The van der Waals surface area contributed by atoms with Gasteiger partial charge < -0.3 is 10.5 Å². The van der Waals surface area contributed by atoms with E-state index in [-0.39, 0.29) is 6.04 Å². The Bertz CT molecular complexity index is 369. The number of methoxy groups -OCH3 is 1. The molecule has 88 valence electrons. The van der Waals surface area contributed by atoms with Gasteiger partial charge in [-0.3, -0.25) is 0 Å². The van der Waals surface area contributed by atoms with Crippen LogP contribution in [0.4, 0.5) is 0 Å². The third-order valence-electron chi connectivity index (χ3n) is 3.41. The number of ether oxygens (including phenoxy) is 1. The van der Waals surface area contributed by atoms with Crippen molar-refractivity contribution in [1.29, 1.82) is 0 Å². The maximum atomic E-state index is 6.22. The van der Waals surface area contributed by atoms with Crippen molar-refractivity contribution in [3.63, 3.8) is 0 Å². The quantitative estimate of drug-likeness (QED) is 0.843. The minimum atomic E-state index is 0.149. The van der Waals surface area contributed by atoms with E-state index in [9.17, 15) is 0 Å². The van der Waals surface area contributed by atoms with Crippen molar-refractivity contribution >= 4 is 0 Å². The predicted molar refractivity (Wildman–Crippen MR) is 66.7 cm³/mol. The zero-order chi connectivity index (χ0) is 11.7. The average molecular weight is 219 g/mol. The van der Waals surface area contributed by atoms with E-state index in [4.69, 9.17) is 10.5 Å². The molecular weight excluding hydrogens is 198 g/mol. The van der Waals surface area contributed by atoms with Gasteiger partial charge in [-0.25, -0.2) is 0 Å². The zero-order valence-corrected chi connectivity index (χ0v) is 10.4. The summed E-state index contributed by atoms with van der Waals surface area (Å²) in [7, 11) is 1.72. The molecule has 0 amide bonds. The lowest BCUT2D eigenvalue weighted by atomic mass is 9.96. The van der Waals surface area contributed by atoms with E-state index in [0.29, 0.717) is 11.8 Å². The molecule has 0 bridgehead atoms. The molecule has 1 fully saturated rings. The van der Waals surface area contributed by atoms with Crippen LogP contribution in [0.25, 0.3) is 0 Å². The highest BCUT2D eigenvalue weighted by Gasteiger charge is 2.31. The van der Waals surface area contributed by atoms with Crippen LogP contribution in [-0.4, -0.2) is 7.11 Å². The lowest BCUT2D eigenvalue weighted by Gasteiger charge is -2.17. The van der Waals surface area contributed by atoms with Crippen LogP contribution in [0.1, 0.15) is 49.8 Å². The number of benzene rings is 1. The molecule has 0 aromatic heterocycles. The summed E-state index contributed by atoms with van der Waals surface area (Å²) in [6.45, 7) is 4.38. The van der Waals surface area contributed by atoms with Gasteiger partial charge in [-0.15, -0.1) is 0 Å². The molecule has 1 aliphatic rings. The Morgan fingerprint density at radius 2 is 2.00 bits per heavy atom. The molecule has 0 aliphatic heterocycles. The summed E-state index contributed by atoms with van der Waals surface area (Å²) in [5.74, 6) is 2.14. The van der Waals surface area contributed by atoms with E-state index in [1.54, 1.807) is 7.11 Å². The molecule has 1 atom stereocenters. The molecule has 1 saturated carbocycles. The fraction of sp³-hybridized carbons (Fsp3) is 0.571. The second-order valence-electron chi connectivity index (χ2n) is 5.02. The van der Waals surface area contributed by atoms with Gasteiger partial charge in [0.25, 0.3) is 0 Å². The Morgan fingerprint density at radius 1 is 1.31 bits per heavy atom. The number of hydrogen-bond donors (Lipinski definition) is 1. The van der Waals surface area contributed by atoms with Crippen molar-refractivity contribution in [2.24, 2.45) is 11.7 Å². The van der Waals surface area contributed by atoms with Crippen LogP contribution in [0.3, 0.4) is 0 Å². The molecule has 0 radical (unpaired) electrons. The third kappa shape index (κ3) is 2.22. The second kappa shape index (κ2) is 4.46. The van der Waals surface area contributed by atoms with Crippen LogP contribution in [-0.2, 0) is 0 Å². The Labute approximate surface area is 97.8 Å². The first-order chi connectivity index (χ1) is 7.63. The van der Waals surface area contributed by atoms with Crippen molar-refractivity contribution in [2.45, 2.75) is 38.6 Å². The summed E-state index contributed by atoms with van der Waals surface area (Å²) in [6, 6.07) is 6.58. The largest absolute Gasteiger partial charge is 0.496 e. The molecule has 2 nitrogen and oxygen atoms in total. The maximum absolute atomic E-state index is 6.22. The summed E-state index contributed by atoms with van der Waals surface area (Å²) in [5, 5.41) is 0. The van der Waals surface area contributed by atoms with Gasteiger partial charge >= 0.3 is 0 Å². The number of nitrogens with two attached hydrogens (primary N) is 1. The Balaban J connectivity index is 2.30. The van der Waals surface area contributed by atoms with E-state index in [1.807, 2.05) is 0 Å². The molecule has 1 aromatic carbocycles. The molecule has 1 aromatic rings. The number of rotatable bonds is 4. The van der Waals surface area contributed by atoms with Crippen LogP contribution < -0.4 is 10.5 Å². The molecule has 2 rings (SSSR count). The normalized spacial score (nSPS) is 17.6. The van der Waals surface area contributed by atoms with E-state index in [1.165, 1.54) is 18.4 Å². The van der Waals surface area contributed by atoms with E-state index >= 15 is 0 Å². The Hall–Kier alpha value is -1.02. The smallest absolute Gasteiger partial charge is 0.123 e. The van der Waals surface area contributed by atoms with Crippen molar-refractivity contribution in [3.05, 3.63) is 29.3 Å². The summed E-state index contributed by atoms with van der Waals surface area (Å²) in [4.78, 5) is 0. The molecule has 16 heavy (non-hydrogen) atoms. The van der Waals surface area contributed by atoms with Crippen LogP contribution in [0.15, 0.2) is 18.2 Å². The molecule has 0 heterocycles. The van der Waals surface area contributed by atoms with Crippen molar-refractivity contribution in [3.8, 4) is 5.75 Å². The van der Waals surface area contributed by atoms with Gasteiger partial charge in [-0.1, -0.05) is 26.0 Å². The first-order valence-electron chi connectivity index (χ1n) is 6.07. The molecule has 1 aliphatic carbocycles. The lowest BCUT2D eigenvalue weighted by Crippen LogP contribution is -2.13. The topological polar surface area (TPSA) is 35.2 Å². The summed E-state index contributed by atoms with van der Waals surface area (Å²) >= 11 is 0. The predicted octanol–water partition coefficient (Wildman–Crippen LogP) is 3.23. The highest BCUT2D eigenvalue weighted by atomic mass is 16.5. The molecule has 1 unspecified atom stereocenters. The van der Waals surface area contributed by atoms with E-state index in [2.05, 4.69) is 32.0 Å². The number of hydrogen-bond acceptors (Lipinski definition) is 2. The van der Waals surface area contributed by atoms with Gasteiger partial charge in [-0.2, -0.15) is 0 Å². The first-order valence-corrected chi connectivity index (χ1v) is 6.07. The standard InChI is InChI=1S/C14H21NO/c1-9(2)11-6-7-12(13(8-11)16-3)14(15)10-4-5-10/h6-10,14H,4-5,15H2,1-3H3. The molecule has 2 heteroatoms. The minimum absolute atomic E-state index is 0.149. The van der Waals surface area contributed by atoms with Crippen LogP contribution >= 0.6 is 0 Å². The highest BCUT2D eigenvalue weighted by molar-refractivity contribution is 5.41. The second-order valence-corrected chi connectivity index (χ2v) is 5.02. The lowest BCUT2D eigenvalue weighted by molar-refractivity contribution is 0.402. The van der Waals surface area contributed by atoms with Crippen LogP contribution in [0.2, 0.25) is 0 Å². The molecular formula is C14H21NO. The summed E-state index contributed by atoms with van der Waals surface area (Å²) in [6.07, 6.45) is 2.52. The Kier molecular flexibility index (Phi) is 3.20. The average Bonchev–Trinajstić information content (AvgIpc) is 3.11. The van der Waals surface area contributed by atoms with Gasteiger partial charge in [0.1, 0.15) is 5.75 Å². The van der Waals surface area contributed by atoms with Crippen molar-refractivity contribution in [2.75, 3.05) is 7.11 Å². The summed E-state index contributed by atoms with van der Waals surface area (Å²) in [5.41, 5.74) is 8.69.